The molecule has 86 valence electrons. The first-order valence-electron chi connectivity index (χ1n) is 5.12. The maximum atomic E-state index is 6.14. The SMILES string of the molecule is ClCCCCCC(Cl)C(Cl)CCCCl. The monoisotopic (exact) mass is 278 g/mol. The molecule has 0 aliphatic heterocycles. The number of hydrogen-bond acceptors (Lipinski definition) is 0. The van der Waals surface area contributed by atoms with Gasteiger partial charge in [0.15, 0.2) is 0 Å². The molecule has 2 unspecified atom stereocenters. The van der Waals surface area contributed by atoms with E-state index in [4.69, 9.17) is 46.4 Å². The standard InChI is InChI=1S/C10H18Cl4/c11-7-3-1-2-5-9(13)10(14)6-4-8-12/h9-10H,1-8H2. The van der Waals surface area contributed by atoms with Crippen LogP contribution in [0.1, 0.15) is 38.5 Å². The Bertz CT molecular complexity index is 119. The van der Waals surface area contributed by atoms with Crippen LogP contribution in [-0.4, -0.2) is 22.5 Å². The third kappa shape index (κ3) is 8.47. The van der Waals surface area contributed by atoms with Gasteiger partial charge >= 0.3 is 0 Å². The Morgan fingerprint density at radius 2 is 1.14 bits per heavy atom. The van der Waals surface area contributed by atoms with Crippen molar-refractivity contribution in [2.24, 2.45) is 0 Å². The Kier molecular flexibility index (Phi) is 11.6. The number of unbranched alkanes of at least 4 members (excludes halogenated alkanes) is 2. The summed E-state index contributed by atoms with van der Waals surface area (Å²) in [5.74, 6) is 1.41. The number of hydrogen-bond donors (Lipinski definition) is 0. The number of alkyl halides is 4. The minimum atomic E-state index is 0.0615. The van der Waals surface area contributed by atoms with Gasteiger partial charge in [-0.3, -0.25) is 0 Å². The Hall–Kier alpha value is 1.16. The molecule has 0 N–H and O–H groups in total. The van der Waals surface area contributed by atoms with Crippen LogP contribution >= 0.6 is 46.4 Å². The van der Waals surface area contributed by atoms with Crippen LogP contribution in [0.3, 0.4) is 0 Å². The summed E-state index contributed by atoms with van der Waals surface area (Å²) in [6.45, 7) is 0. The predicted molar refractivity (Wildman–Crippen MR) is 68.4 cm³/mol. The van der Waals surface area contributed by atoms with E-state index < -0.39 is 0 Å². The Morgan fingerprint density at radius 1 is 0.643 bits per heavy atom. The van der Waals surface area contributed by atoms with Crippen molar-refractivity contribution >= 4 is 46.4 Å². The summed E-state index contributed by atoms with van der Waals surface area (Å²) < 4.78 is 0. The molecule has 0 rings (SSSR count). The van der Waals surface area contributed by atoms with Gasteiger partial charge in [0.2, 0.25) is 0 Å². The van der Waals surface area contributed by atoms with Crippen molar-refractivity contribution < 1.29 is 0 Å². The highest BCUT2D eigenvalue weighted by molar-refractivity contribution is 6.30. The molecule has 0 heterocycles. The van der Waals surface area contributed by atoms with Crippen molar-refractivity contribution in [1.82, 2.24) is 0 Å². The van der Waals surface area contributed by atoms with Crippen LogP contribution in [0.25, 0.3) is 0 Å². The fourth-order valence-electron chi connectivity index (χ4n) is 1.24. The normalized spacial score (nSPS) is 15.4. The van der Waals surface area contributed by atoms with E-state index in [9.17, 15) is 0 Å². The van der Waals surface area contributed by atoms with Crippen LogP contribution in [-0.2, 0) is 0 Å². The van der Waals surface area contributed by atoms with Gasteiger partial charge in [-0.2, -0.15) is 0 Å². The van der Waals surface area contributed by atoms with E-state index in [1.54, 1.807) is 0 Å². The molecule has 0 amide bonds. The molecule has 0 saturated carbocycles. The highest BCUT2D eigenvalue weighted by Crippen LogP contribution is 2.21. The second-order valence-electron chi connectivity index (χ2n) is 3.40. The summed E-state index contributed by atoms with van der Waals surface area (Å²) in [7, 11) is 0. The van der Waals surface area contributed by atoms with E-state index in [-0.39, 0.29) is 10.8 Å². The summed E-state index contributed by atoms with van der Waals surface area (Å²) in [4.78, 5) is 0. The molecule has 0 bridgehead atoms. The van der Waals surface area contributed by atoms with Crippen LogP contribution < -0.4 is 0 Å². The van der Waals surface area contributed by atoms with Crippen LogP contribution in [0.15, 0.2) is 0 Å². The maximum Gasteiger partial charge on any atom is 0.0500 e. The van der Waals surface area contributed by atoms with Gasteiger partial charge in [0, 0.05) is 22.5 Å². The molecule has 0 aromatic heterocycles. The fraction of sp³-hybridized carbons (Fsp3) is 1.00. The Labute approximate surface area is 107 Å². The van der Waals surface area contributed by atoms with Gasteiger partial charge in [0.25, 0.3) is 0 Å². The number of rotatable bonds is 9. The topological polar surface area (TPSA) is 0 Å². The molecule has 0 nitrogen and oxygen atoms in total. The van der Waals surface area contributed by atoms with Crippen molar-refractivity contribution in [3.05, 3.63) is 0 Å². The van der Waals surface area contributed by atoms with Crippen LogP contribution in [0.2, 0.25) is 0 Å². The molecule has 2 atom stereocenters. The van der Waals surface area contributed by atoms with Gasteiger partial charge in [-0.05, 0) is 25.7 Å². The summed E-state index contributed by atoms with van der Waals surface area (Å²) in [5.41, 5.74) is 0. The van der Waals surface area contributed by atoms with E-state index in [1.807, 2.05) is 0 Å². The second kappa shape index (κ2) is 10.7. The minimum absolute atomic E-state index is 0.0615. The van der Waals surface area contributed by atoms with Gasteiger partial charge in [-0.15, -0.1) is 46.4 Å². The van der Waals surface area contributed by atoms with Crippen LogP contribution in [0.4, 0.5) is 0 Å². The van der Waals surface area contributed by atoms with Gasteiger partial charge in [-0.1, -0.05) is 12.8 Å². The van der Waals surface area contributed by atoms with E-state index in [0.717, 1.165) is 44.4 Å². The summed E-state index contributed by atoms with van der Waals surface area (Å²) in [5, 5.41) is 0.140. The molecule has 0 aliphatic rings. The lowest BCUT2D eigenvalue weighted by atomic mass is 10.1. The van der Waals surface area contributed by atoms with Crippen molar-refractivity contribution in [3.63, 3.8) is 0 Å². The average molecular weight is 280 g/mol. The largest absolute Gasteiger partial charge is 0.127 e. The van der Waals surface area contributed by atoms with Gasteiger partial charge in [0.1, 0.15) is 0 Å². The molecule has 14 heavy (non-hydrogen) atoms. The van der Waals surface area contributed by atoms with E-state index in [1.165, 1.54) is 0 Å². The van der Waals surface area contributed by atoms with Crippen LogP contribution in [0.5, 0.6) is 0 Å². The van der Waals surface area contributed by atoms with Gasteiger partial charge in [-0.25, -0.2) is 0 Å². The minimum Gasteiger partial charge on any atom is -0.127 e. The first-order valence-corrected chi connectivity index (χ1v) is 7.06. The zero-order chi connectivity index (χ0) is 10.8. The molecule has 0 aliphatic carbocycles. The summed E-state index contributed by atoms with van der Waals surface area (Å²) in [6, 6.07) is 0. The molecule has 0 saturated heterocycles. The van der Waals surface area contributed by atoms with E-state index >= 15 is 0 Å². The highest BCUT2D eigenvalue weighted by Gasteiger charge is 2.15. The molecule has 0 aromatic rings. The van der Waals surface area contributed by atoms with Crippen molar-refractivity contribution in [2.45, 2.75) is 49.3 Å². The van der Waals surface area contributed by atoms with Crippen molar-refractivity contribution in [1.29, 1.82) is 0 Å². The summed E-state index contributed by atoms with van der Waals surface area (Å²) >= 11 is 23.4. The zero-order valence-electron chi connectivity index (χ0n) is 8.32. The Balaban J connectivity index is 3.36. The van der Waals surface area contributed by atoms with E-state index in [0.29, 0.717) is 5.88 Å². The first kappa shape index (κ1) is 15.2. The molecule has 0 aromatic carbocycles. The number of halogens is 4. The van der Waals surface area contributed by atoms with Gasteiger partial charge in [0.05, 0.1) is 0 Å². The lowest BCUT2D eigenvalue weighted by Gasteiger charge is -2.15. The van der Waals surface area contributed by atoms with Crippen molar-refractivity contribution in [3.8, 4) is 0 Å². The molecular formula is C10H18Cl4. The molecular weight excluding hydrogens is 262 g/mol. The molecule has 0 spiro atoms. The predicted octanol–water partition coefficient (Wildman–Crippen LogP) is 5.02. The molecule has 4 heteroatoms. The highest BCUT2D eigenvalue weighted by atomic mass is 35.5. The lowest BCUT2D eigenvalue weighted by molar-refractivity contribution is 0.599. The fourth-order valence-corrected chi connectivity index (χ4v) is 2.15. The maximum absolute atomic E-state index is 6.14. The first-order chi connectivity index (χ1) is 6.72. The Morgan fingerprint density at radius 3 is 1.64 bits per heavy atom. The molecule has 0 radical (unpaired) electrons. The smallest absolute Gasteiger partial charge is 0.0500 e. The summed E-state index contributed by atoms with van der Waals surface area (Å²) in [6.07, 6.45) is 6.17. The second-order valence-corrected chi connectivity index (χ2v) is 5.28. The lowest BCUT2D eigenvalue weighted by Crippen LogP contribution is -2.15. The third-order valence-corrected chi connectivity index (χ3v) is 3.83. The van der Waals surface area contributed by atoms with Gasteiger partial charge < -0.3 is 0 Å². The molecule has 0 fully saturated rings. The van der Waals surface area contributed by atoms with E-state index in [2.05, 4.69) is 0 Å². The average Bonchev–Trinajstić information content (AvgIpc) is 2.20. The van der Waals surface area contributed by atoms with Crippen molar-refractivity contribution in [2.75, 3.05) is 11.8 Å². The quantitative estimate of drug-likeness (QED) is 0.411. The third-order valence-electron chi connectivity index (χ3n) is 2.12. The van der Waals surface area contributed by atoms with Crippen LogP contribution in [0, 0.1) is 0 Å². The zero-order valence-corrected chi connectivity index (χ0v) is 11.3.